The lowest BCUT2D eigenvalue weighted by Gasteiger charge is -2.11. The third-order valence-electron chi connectivity index (χ3n) is 3.15. The van der Waals surface area contributed by atoms with Crippen LogP contribution in [0.5, 0.6) is 0 Å². The number of rotatable bonds is 0. The van der Waals surface area contributed by atoms with E-state index < -0.39 is 0 Å². The second-order valence-corrected chi connectivity index (χ2v) is 4.26. The molecule has 0 saturated heterocycles. The molecular weight excluding hydrogens is 212 g/mol. The van der Waals surface area contributed by atoms with Crippen LogP contribution in [-0.2, 0) is 0 Å². The van der Waals surface area contributed by atoms with Crippen molar-refractivity contribution in [1.82, 2.24) is 0 Å². The molecule has 2 nitrogen and oxygen atoms in total. The number of allylic oxidation sites excluding steroid dienone is 2. The summed E-state index contributed by atoms with van der Waals surface area (Å²) in [6.45, 7) is 2.00. The average Bonchev–Trinajstić information content (AvgIpc) is 2.33. The van der Waals surface area contributed by atoms with Gasteiger partial charge in [0.1, 0.15) is 0 Å². The molecule has 2 aromatic carbocycles. The van der Waals surface area contributed by atoms with Crippen molar-refractivity contribution in [1.29, 1.82) is 0 Å². The predicted molar refractivity (Wildman–Crippen MR) is 66.5 cm³/mol. The maximum atomic E-state index is 11.7. The topological polar surface area (TPSA) is 34.1 Å². The lowest BCUT2D eigenvalue weighted by molar-refractivity contribution is 0.0994. The highest BCUT2D eigenvalue weighted by Crippen LogP contribution is 2.26. The van der Waals surface area contributed by atoms with Crippen LogP contribution in [0.4, 0.5) is 0 Å². The lowest BCUT2D eigenvalue weighted by Crippen LogP contribution is -2.11. The van der Waals surface area contributed by atoms with Gasteiger partial charge in [-0.1, -0.05) is 18.2 Å². The zero-order valence-corrected chi connectivity index (χ0v) is 9.36. The van der Waals surface area contributed by atoms with Crippen LogP contribution in [-0.4, -0.2) is 11.6 Å². The first kappa shape index (κ1) is 9.97. The fraction of sp³-hybridized carbons (Fsp3) is 0.0667. The average molecular weight is 222 g/mol. The van der Waals surface area contributed by atoms with E-state index in [4.69, 9.17) is 0 Å². The fourth-order valence-electron chi connectivity index (χ4n) is 2.22. The van der Waals surface area contributed by atoms with Gasteiger partial charge in [0.15, 0.2) is 11.6 Å². The number of hydrogen-bond acceptors (Lipinski definition) is 2. The second kappa shape index (κ2) is 3.39. The summed E-state index contributed by atoms with van der Waals surface area (Å²) < 4.78 is 0. The summed E-state index contributed by atoms with van der Waals surface area (Å²) >= 11 is 0. The van der Waals surface area contributed by atoms with E-state index in [0.717, 1.165) is 16.3 Å². The normalized spacial score (nSPS) is 14.2. The summed E-state index contributed by atoms with van der Waals surface area (Å²) in [5.41, 5.74) is 2.13. The van der Waals surface area contributed by atoms with Gasteiger partial charge >= 0.3 is 0 Å². The zero-order valence-electron chi connectivity index (χ0n) is 9.36. The molecular formula is C15H10O2. The van der Waals surface area contributed by atoms with Gasteiger partial charge in [-0.3, -0.25) is 9.59 Å². The van der Waals surface area contributed by atoms with E-state index in [2.05, 4.69) is 0 Å². The van der Waals surface area contributed by atoms with Crippen LogP contribution in [0.2, 0.25) is 0 Å². The van der Waals surface area contributed by atoms with Crippen LogP contribution in [0, 0.1) is 6.92 Å². The molecule has 82 valence electrons. The van der Waals surface area contributed by atoms with Gasteiger partial charge in [-0.2, -0.15) is 0 Å². The highest BCUT2D eigenvalue weighted by Gasteiger charge is 2.19. The number of hydrogen-bond donors (Lipinski definition) is 0. The molecule has 0 amide bonds. The Morgan fingerprint density at radius 1 is 0.882 bits per heavy atom. The summed E-state index contributed by atoms with van der Waals surface area (Å²) in [5.74, 6) is -0.187. The Morgan fingerprint density at radius 3 is 2.24 bits per heavy atom. The molecule has 0 spiro atoms. The molecule has 0 aromatic heterocycles. The van der Waals surface area contributed by atoms with Gasteiger partial charge in [0.05, 0.1) is 0 Å². The smallest absolute Gasteiger partial charge is 0.186 e. The van der Waals surface area contributed by atoms with E-state index in [1.807, 2.05) is 31.2 Å². The molecule has 1 aliphatic rings. The van der Waals surface area contributed by atoms with Crippen molar-refractivity contribution in [3.63, 3.8) is 0 Å². The Labute approximate surface area is 98.6 Å². The van der Waals surface area contributed by atoms with Crippen molar-refractivity contribution in [2.75, 3.05) is 0 Å². The van der Waals surface area contributed by atoms with Crippen LogP contribution in [0.25, 0.3) is 10.8 Å². The molecule has 2 heteroatoms. The van der Waals surface area contributed by atoms with E-state index >= 15 is 0 Å². The molecule has 0 atom stereocenters. The maximum Gasteiger partial charge on any atom is 0.186 e. The first-order chi connectivity index (χ1) is 8.16. The Morgan fingerprint density at radius 2 is 1.53 bits per heavy atom. The minimum Gasteiger partial charge on any atom is -0.289 e. The quantitative estimate of drug-likeness (QED) is 0.686. The molecule has 0 bridgehead atoms. The fourth-order valence-corrected chi connectivity index (χ4v) is 2.22. The third-order valence-corrected chi connectivity index (χ3v) is 3.15. The van der Waals surface area contributed by atoms with Crippen LogP contribution in [0.1, 0.15) is 26.3 Å². The maximum absolute atomic E-state index is 11.7. The molecule has 0 radical (unpaired) electrons. The molecule has 0 N–H and O–H groups in total. The van der Waals surface area contributed by atoms with E-state index in [1.165, 1.54) is 12.2 Å². The minimum absolute atomic E-state index is 0.0928. The highest BCUT2D eigenvalue weighted by atomic mass is 16.1. The summed E-state index contributed by atoms with van der Waals surface area (Å²) in [6, 6.07) is 9.54. The van der Waals surface area contributed by atoms with E-state index in [1.54, 1.807) is 6.07 Å². The molecule has 0 unspecified atom stereocenters. The molecule has 17 heavy (non-hydrogen) atoms. The lowest BCUT2D eigenvalue weighted by atomic mass is 9.90. The van der Waals surface area contributed by atoms with Gasteiger partial charge < -0.3 is 0 Å². The number of carbonyl (C=O) groups excluding carboxylic acids is 2. The Bertz CT molecular complexity index is 693. The molecule has 0 fully saturated rings. The number of ketones is 2. The molecule has 0 heterocycles. The minimum atomic E-state index is -0.0944. The Balaban J connectivity index is 2.42. The summed E-state index contributed by atoms with van der Waals surface area (Å²) in [5, 5.41) is 2.03. The first-order valence-corrected chi connectivity index (χ1v) is 5.47. The zero-order chi connectivity index (χ0) is 12.0. The number of aryl methyl sites for hydroxylation is 1. The molecule has 0 saturated carbocycles. The van der Waals surface area contributed by atoms with Crippen LogP contribution in [0.3, 0.4) is 0 Å². The second-order valence-electron chi connectivity index (χ2n) is 4.26. The van der Waals surface area contributed by atoms with Crippen molar-refractivity contribution in [2.45, 2.75) is 6.92 Å². The SMILES string of the molecule is Cc1cccc2cc3c(cc12)C(=O)C=CC3=O. The van der Waals surface area contributed by atoms with Crippen LogP contribution >= 0.6 is 0 Å². The standard InChI is InChI=1S/C15H10O2/c1-9-3-2-4-10-7-12-13(8-11(9)10)15(17)6-5-14(12)16/h2-8H,1H3. The van der Waals surface area contributed by atoms with Gasteiger partial charge in [-0.05, 0) is 47.5 Å². The van der Waals surface area contributed by atoms with E-state index in [9.17, 15) is 9.59 Å². The first-order valence-electron chi connectivity index (χ1n) is 5.47. The van der Waals surface area contributed by atoms with Gasteiger partial charge in [-0.15, -0.1) is 0 Å². The summed E-state index contributed by atoms with van der Waals surface area (Å²) in [4.78, 5) is 23.5. The van der Waals surface area contributed by atoms with Crippen molar-refractivity contribution in [3.8, 4) is 0 Å². The molecule has 2 aromatic rings. The van der Waals surface area contributed by atoms with E-state index in [-0.39, 0.29) is 11.6 Å². The van der Waals surface area contributed by atoms with Crippen LogP contribution < -0.4 is 0 Å². The number of carbonyl (C=O) groups is 2. The van der Waals surface area contributed by atoms with Gasteiger partial charge in [0.2, 0.25) is 0 Å². The molecule has 3 rings (SSSR count). The number of benzene rings is 2. The third kappa shape index (κ3) is 1.41. The van der Waals surface area contributed by atoms with Crippen molar-refractivity contribution >= 4 is 22.3 Å². The predicted octanol–water partition coefficient (Wildman–Crippen LogP) is 3.08. The number of fused-ring (bicyclic) bond motifs is 2. The molecule has 0 aliphatic heterocycles. The van der Waals surface area contributed by atoms with E-state index in [0.29, 0.717) is 11.1 Å². The van der Waals surface area contributed by atoms with Crippen molar-refractivity contribution in [2.24, 2.45) is 0 Å². The van der Waals surface area contributed by atoms with Crippen LogP contribution in [0.15, 0.2) is 42.5 Å². The molecule has 1 aliphatic carbocycles. The largest absolute Gasteiger partial charge is 0.289 e. The Kier molecular flexibility index (Phi) is 1.99. The highest BCUT2D eigenvalue weighted by molar-refractivity contribution is 6.23. The Hall–Kier alpha value is -2.22. The van der Waals surface area contributed by atoms with Crippen molar-refractivity contribution < 1.29 is 9.59 Å². The van der Waals surface area contributed by atoms with Gasteiger partial charge in [0.25, 0.3) is 0 Å². The van der Waals surface area contributed by atoms with Crippen molar-refractivity contribution in [3.05, 3.63) is 59.2 Å². The summed E-state index contributed by atoms with van der Waals surface area (Å²) in [6.07, 6.45) is 2.68. The monoisotopic (exact) mass is 222 g/mol. The van der Waals surface area contributed by atoms with Gasteiger partial charge in [-0.25, -0.2) is 0 Å². The van der Waals surface area contributed by atoms with Gasteiger partial charge in [0, 0.05) is 11.1 Å². The summed E-state index contributed by atoms with van der Waals surface area (Å²) in [7, 11) is 0.